The number of hydrogen-bond acceptors (Lipinski definition) is 2. The molecule has 2 nitrogen and oxygen atoms in total. The molecule has 0 bridgehead atoms. The van der Waals surface area contributed by atoms with E-state index in [4.69, 9.17) is 9.47 Å². The fraction of sp³-hybridized carbons (Fsp3) is 0.538. The van der Waals surface area contributed by atoms with Crippen LogP contribution in [0.5, 0.6) is 5.75 Å². The topological polar surface area (TPSA) is 18.5 Å². The fourth-order valence-electron chi connectivity index (χ4n) is 1.33. The van der Waals surface area contributed by atoms with E-state index < -0.39 is 0 Å². The van der Waals surface area contributed by atoms with Crippen LogP contribution in [0.25, 0.3) is 0 Å². The molecule has 1 aromatic rings. The molecule has 0 aromatic heterocycles. The van der Waals surface area contributed by atoms with E-state index in [0.29, 0.717) is 6.61 Å². The van der Waals surface area contributed by atoms with Crippen molar-refractivity contribution >= 4 is 0 Å². The maximum atomic E-state index is 5.71. The summed E-state index contributed by atoms with van der Waals surface area (Å²) in [6.45, 7) is 8.85. The maximum Gasteiger partial charge on any atom is 0.119 e. The van der Waals surface area contributed by atoms with Crippen LogP contribution in [0.4, 0.5) is 0 Å². The summed E-state index contributed by atoms with van der Waals surface area (Å²) in [5, 5.41) is 0. The van der Waals surface area contributed by atoms with Crippen molar-refractivity contribution in [3.05, 3.63) is 29.3 Å². The Labute approximate surface area is 92.2 Å². The second-order valence-electron chi connectivity index (χ2n) is 4.76. The molecule has 0 saturated heterocycles. The highest BCUT2D eigenvalue weighted by molar-refractivity contribution is 5.33. The van der Waals surface area contributed by atoms with E-state index in [2.05, 4.69) is 33.8 Å². The van der Waals surface area contributed by atoms with Gasteiger partial charge in [0.25, 0.3) is 0 Å². The van der Waals surface area contributed by atoms with Gasteiger partial charge in [0.2, 0.25) is 0 Å². The van der Waals surface area contributed by atoms with Gasteiger partial charge in [-0.25, -0.2) is 0 Å². The first-order valence-electron chi connectivity index (χ1n) is 5.19. The largest absolute Gasteiger partial charge is 0.497 e. The predicted octanol–water partition coefficient (Wildman–Crippen LogP) is 3.32. The van der Waals surface area contributed by atoms with Crippen LogP contribution in [0.15, 0.2) is 18.2 Å². The van der Waals surface area contributed by atoms with Crippen LogP contribution < -0.4 is 4.74 Å². The Morgan fingerprint density at radius 2 is 1.80 bits per heavy atom. The molecule has 0 atom stereocenters. The molecule has 0 radical (unpaired) electrons. The van der Waals surface area contributed by atoms with Gasteiger partial charge in [-0.1, -0.05) is 6.07 Å². The van der Waals surface area contributed by atoms with Gasteiger partial charge in [-0.3, -0.25) is 0 Å². The summed E-state index contributed by atoms with van der Waals surface area (Å²) in [5.41, 5.74) is 2.25. The summed E-state index contributed by atoms with van der Waals surface area (Å²) in [6, 6.07) is 6.15. The van der Waals surface area contributed by atoms with E-state index in [1.807, 2.05) is 12.1 Å². The van der Waals surface area contributed by atoms with Crippen LogP contribution in [0.2, 0.25) is 0 Å². The zero-order valence-corrected chi connectivity index (χ0v) is 10.3. The summed E-state index contributed by atoms with van der Waals surface area (Å²) in [7, 11) is 1.68. The number of benzene rings is 1. The highest BCUT2D eigenvalue weighted by Crippen LogP contribution is 2.19. The normalized spacial score (nSPS) is 11.5. The molecule has 0 fully saturated rings. The lowest BCUT2D eigenvalue weighted by molar-refractivity contribution is -0.0150. The van der Waals surface area contributed by atoms with Crippen LogP contribution in [0, 0.1) is 6.92 Å². The van der Waals surface area contributed by atoms with Gasteiger partial charge in [-0.2, -0.15) is 0 Å². The minimum atomic E-state index is -0.100. The monoisotopic (exact) mass is 208 g/mol. The van der Waals surface area contributed by atoms with Crippen LogP contribution in [0.3, 0.4) is 0 Å². The molecule has 0 N–H and O–H groups in total. The van der Waals surface area contributed by atoms with Crippen LogP contribution in [-0.4, -0.2) is 12.7 Å². The Balaban J connectivity index is 2.73. The average Bonchev–Trinajstić information content (AvgIpc) is 2.13. The predicted molar refractivity (Wildman–Crippen MR) is 62.3 cm³/mol. The summed E-state index contributed by atoms with van der Waals surface area (Å²) < 4.78 is 10.9. The Hall–Kier alpha value is -1.02. The van der Waals surface area contributed by atoms with Gasteiger partial charge in [0, 0.05) is 0 Å². The van der Waals surface area contributed by atoms with Crippen molar-refractivity contribution in [1.82, 2.24) is 0 Å². The Kier molecular flexibility index (Phi) is 3.75. The SMILES string of the molecule is COc1cc(C)cc(COC(C)(C)C)c1. The molecule has 0 aliphatic carbocycles. The van der Waals surface area contributed by atoms with Crippen molar-refractivity contribution in [3.8, 4) is 5.75 Å². The van der Waals surface area contributed by atoms with Crippen molar-refractivity contribution in [2.75, 3.05) is 7.11 Å². The van der Waals surface area contributed by atoms with E-state index >= 15 is 0 Å². The van der Waals surface area contributed by atoms with Gasteiger partial charge >= 0.3 is 0 Å². The van der Waals surface area contributed by atoms with Gasteiger partial charge in [0.05, 0.1) is 19.3 Å². The number of methoxy groups -OCH3 is 1. The van der Waals surface area contributed by atoms with E-state index in [1.54, 1.807) is 7.11 Å². The molecular formula is C13H20O2. The van der Waals surface area contributed by atoms with Gasteiger partial charge in [-0.15, -0.1) is 0 Å². The van der Waals surface area contributed by atoms with E-state index in [9.17, 15) is 0 Å². The first kappa shape index (κ1) is 12.1. The van der Waals surface area contributed by atoms with E-state index in [-0.39, 0.29) is 5.60 Å². The smallest absolute Gasteiger partial charge is 0.119 e. The number of aryl methyl sites for hydroxylation is 1. The van der Waals surface area contributed by atoms with Crippen molar-refractivity contribution < 1.29 is 9.47 Å². The molecule has 1 aromatic carbocycles. The van der Waals surface area contributed by atoms with Crippen molar-refractivity contribution in [1.29, 1.82) is 0 Å². The summed E-state index contributed by atoms with van der Waals surface area (Å²) in [5.74, 6) is 0.891. The van der Waals surface area contributed by atoms with Crippen LogP contribution >= 0.6 is 0 Å². The van der Waals surface area contributed by atoms with Crippen molar-refractivity contribution in [2.45, 2.75) is 39.9 Å². The molecule has 0 aliphatic heterocycles. The molecule has 15 heavy (non-hydrogen) atoms. The molecule has 1 rings (SSSR count). The number of ether oxygens (including phenoxy) is 2. The summed E-state index contributed by atoms with van der Waals surface area (Å²) >= 11 is 0. The molecule has 0 unspecified atom stereocenters. The fourth-order valence-corrected chi connectivity index (χ4v) is 1.33. The second kappa shape index (κ2) is 4.67. The average molecular weight is 208 g/mol. The Bertz CT molecular complexity index is 324. The van der Waals surface area contributed by atoms with Crippen molar-refractivity contribution in [3.63, 3.8) is 0 Å². The zero-order valence-electron chi connectivity index (χ0n) is 10.3. The Morgan fingerprint density at radius 3 is 2.33 bits per heavy atom. The first-order valence-corrected chi connectivity index (χ1v) is 5.19. The molecule has 0 heterocycles. The molecule has 0 amide bonds. The summed E-state index contributed by atoms with van der Waals surface area (Å²) in [4.78, 5) is 0. The molecular weight excluding hydrogens is 188 g/mol. The van der Waals surface area contributed by atoms with Gasteiger partial charge in [0.15, 0.2) is 0 Å². The molecule has 84 valence electrons. The Morgan fingerprint density at radius 1 is 1.13 bits per heavy atom. The molecule has 2 heteroatoms. The van der Waals surface area contributed by atoms with E-state index in [0.717, 1.165) is 11.3 Å². The lowest BCUT2D eigenvalue weighted by atomic mass is 10.1. The second-order valence-corrected chi connectivity index (χ2v) is 4.76. The third kappa shape index (κ3) is 4.34. The quantitative estimate of drug-likeness (QED) is 0.758. The lowest BCUT2D eigenvalue weighted by Crippen LogP contribution is -2.18. The minimum Gasteiger partial charge on any atom is -0.497 e. The van der Waals surface area contributed by atoms with Gasteiger partial charge in [-0.05, 0) is 51.0 Å². The maximum absolute atomic E-state index is 5.71. The first-order chi connectivity index (χ1) is 6.90. The van der Waals surface area contributed by atoms with Crippen molar-refractivity contribution in [2.24, 2.45) is 0 Å². The van der Waals surface area contributed by atoms with Gasteiger partial charge < -0.3 is 9.47 Å². The van der Waals surface area contributed by atoms with Crippen LogP contribution in [0.1, 0.15) is 31.9 Å². The standard InChI is InChI=1S/C13H20O2/c1-10-6-11(8-12(7-10)14-5)9-15-13(2,3)4/h6-8H,9H2,1-5H3. The van der Waals surface area contributed by atoms with Gasteiger partial charge in [0.1, 0.15) is 5.75 Å². The zero-order chi connectivity index (χ0) is 11.5. The third-order valence-corrected chi connectivity index (χ3v) is 2.02. The molecule has 0 aliphatic rings. The molecule has 0 spiro atoms. The third-order valence-electron chi connectivity index (χ3n) is 2.02. The highest BCUT2D eigenvalue weighted by Gasteiger charge is 2.10. The minimum absolute atomic E-state index is 0.100. The van der Waals surface area contributed by atoms with Crippen LogP contribution in [-0.2, 0) is 11.3 Å². The van der Waals surface area contributed by atoms with E-state index in [1.165, 1.54) is 5.56 Å². The highest BCUT2D eigenvalue weighted by atomic mass is 16.5. The lowest BCUT2D eigenvalue weighted by Gasteiger charge is -2.19. The number of hydrogen-bond donors (Lipinski definition) is 0. The number of rotatable bonds is 3. The molecule has 0 saturated carbocycles. The summed E-state index contributed by atoms with van der Waals surface area (Å²) in [6.07, 6.45) is 0.